The van der Waals surface area contributed by atoms with E-state index in [0.29, 0.717) is 6.04 Å². The van der Waals surface area contributed by atoms with Gasteiger partial charge in [-0.2, -0.15) is 0 Å². The number of rotatable bonds is 7. The quantitative estimate of drug-likeness (QED) is 0.588. The number of aryl methyl sites for hydroxylation is 1. The Hall–Kier alpha value is -0.870. The first-order chi connectivity index (χ1) is 9.33. The molecule has 0 spiro atoms. The Labute approximate surface area is 116 Å². The normalized spacial score (nSPS) is 18.6. The zero-order valence-corrected chi connectivity index (χ0v) is 12.1. The lowest BCUT2D eigenvalue weighted by atomic mass is 9.84. The van der Waals surface area contributed by atoms with Gasteiger partial charge in [0, 0.05) is 31.4 Å². The summed E-state index contributed by atoms with van der Waals surface area (Å²) >= 11 is 0. The van der Waals surface area contributed by atoms with Crippen molar-refractivity contribution in [2.75, 3.05) is 0 Å². The molecule has 19 heavy (non-hydrogen) atoms. The monoisotopic (exact) mass is 264 g/mol. The Morgan fingerprint density at radius 3 is 2.89 bits per heavy atom. The molecule has 0 aromatic carbocycles. The molecular weight excluding hydrogens is 236 g/mol. The smallest absolute Gasteiger partial charge is 0.110 e. The molecule has 1 aromatic rings. The van der Waals surface area contributed by atoms with Crippen LogP contribution >= 0.6 is 0 Å². The highest BCUT2D eigenvalue weighted by Gasteiger charge is 2.19. The summed E-state index contributed by atoms with van der Waals surface area (Å²) in [4.78, 5) is 4.48. The predicted molar refractivity (Wildman–Crippen MR) is 78.5 cm³/mol. The lowest BCUT2D eigenvalue weighted by molar-refractivity contribution is 0.295. The number of hydrogen-bond donors (Lipinski definition) is 2. The number of nitrogens with zero attached hydrogens (tertiary/aromatic N) is 2. The van der Waals surface area contributed by atoms with Crippen molar-refractivity contribution < 1.29 is 0 Å². The van der Waals surface area contributed by atoms with Crippen LogP contribution in [0.3, 0.4) is 0 Å². The van der Waals surface area contributed by atoms with E-state index in [1.165, 1.54) is 44.3 Å². The molecule has 1 fully saturated rings. The first-order valence-corrected chi connectivity index (χ1v) is 7.79. The van der Waals surface area contributed by atoms with Gasteiger partial charge in [-0.1, -0.05) is 39.0 Å². The Balaban J connectivity index is 1.88. The van der Waals surface area contributed by atoms with Crippen LogP contribution in [0, 0.1) is 5.92 Å². The van der Waals surface area contributed by atoms with Crippen LogP contribution in [-0.2, 0) is 13.0 Å². The minimum atomic E-state index is 0.362. The van der Waals surface area contributed by atoms with E-state index in [0.717, 1.165) is 25.3 Å². The van der Waals surface area contributed by atoms with Crippen LogP contribution < -0.4 is 11.3 Å². The maximum Gasteiger partial charge on any atom is 0.110 e. The van der Waals surface area contributed by atoms with Crippen molar-refractivity contribution >= 4 is 0 Å². The summed E-state index contributed by atoms with van der Waals surface area (Å²) in [5, 5.41) is 0. The second-order valence-corrected chi connectivity index (χ2v) is 5.84. The van der Waals surface area contributed by atoms with Gasteiger partial charge in [0.05, 0.1) is 0 Å². The van der Waals surface area contributed by atoms with Crippen molar-refractivity contribution in [2.24, 2.45) is 11.8 Å². The van der Waals surface area contributed by atoms with Crippen LogP contribution in [0.15, 0.2) is 12.4 Å². The molecule has 1 aromatic heterocycles. The molecule has 3 N–H and O–H groups in total. The molecule has 0 saturated heterocycles. The summed E-state index contributed by atoms with van der Waals surface area (Å²) in [5.74, 6) is 7.76. The largest absolute Gasteiger partial charge is 0.335 e. The first-order valence-electron chi connectivity index (χ1n) is 7.79. The van der Waals surface area contributed by atoms with Gasteiger partial charge in [0.25, 0.3) is 0 Å². The Kier molecular flexibility index (Phi) is 5.86. The van der Waals surface area contributed by atoms with Gasteiger partial charge in [-0.25, -0.2) is 4.98 Å². The summed E-state index contributed by atoms with van der Waals surface area (Å²) in [5.41, 5.74) is 3.00. The van der Waals surface area contributed by atoms with Crippen molar-refractivity contribution in [3.8, 4) is 0 Å². The van der Waals surface area contributed by atoms with Gasteiger partial charge in [-0.05, 0) is 18.8 Å². The minimum Gasteiger partial charge on any atom is -0.335 e. The van der Waals surface area contributed by atoms with Gasteiger partial charge in [-0.3, -0.25) is 11.3 Å². The number of aromatic nitrogens is 2. The Morgan fingerprint density at radius 2 is 2.21 bits per heavy atom. The van der Waals surface area contributed by atoms with Crippen LogP contribution in [0.4, 0.5) is 0 Å². The highest BCUT2D eigenvalue weighted by Crippen LogP contribution is 2.27. The van der Waals surface area contributed by atoms with Crippen LogP contribution in [0.2, 0.25) is 0 Å². The number of imidazole rings is 1. The maximum absolute atomic E-state index is 5.74. The zero-order valence-electron chi connectivity index (χ0n) is 12.1. The summed E-state index contributed by atoms with van der Waals surface area (Å²) in [6.45, 7) is 3.25. The second kappa shape index (κ2) is 7.65. The zero-order chi connectivity index (χ0) is 13.5. The molecule has 4 nitrogen and oxygen atoms in total. The van der Waals surface area contributed by atoms with Gasteiger partial charge in [0.1, 0.15) is 5.82 Å². The van der Waals surface area contributed by atoms with E-state index in [4.69, 9.17) is 5.84 Å². The molecule has 1 atom stereocenters. The molecule has 0 bridgehead atoms. The molecular formula is C15H28N4. The van der Waals surface area contributed by atoms with Crippen LogP contribution in [-0.4, -0.2) is 15.6 Å². The molecule has 0 amide bonds. The third-order valence-electron chi connectivity index (χ3n) is 4.27. The lowest BCUT2D eigenvalue weighted by Crippen LogP contribution is -2.39. The Morgan fingerprint density at radius 1 is 1.42 bits per heavy atom. The van der Waals surface area contributed by atoms with Crippen molar-refractivity contribution in [3.63, 3.8) is 0 Å². The minimum absolute atomic E-state index is 0.362. The average molecular weight is 264 g/mol. The molecule has 1 unspecified atom stereocenters. The molecule has 0 radical (unpaired) electrons. The van der Waals surface area contributed by atoms with E-state index in [-0.39, 0.29) is 0 Å². The summed E-state index contributed by atoms with van der Waals surface area (Å²) < 4.78 is 2.26. The molecule has 1 heterocycles. The van der Waals surface area contributed by atoms with Crippen LogP contribution in [0.1, 0.15) is 57.7 Å². The maximum atomic E-state index is 5.74. The number of nitrogens with two attached hydrogens (primary N) is 1. The SMILES string of the molecule is CCCn1ccnc1CC(CC1CCCCC1)NN. The van der Waals surface area contributed by atoms with Gasteiger partial charge in [-0.15, -0.1) is 0 Å². The third kappa shape index (κ3) is 4.32. The fourth-order valence-corrected chi connectivity index (χ4v) is 3.23. The van der Waals surface area contributed by atoms with Gasteiger partial charge in [0.2, 0.25) is 0 Å². The molecule has 1 aliphatic rings. The number of hydrazine groups is 1. The molecule has 0 aliphatic heterocycles. The van der Waals surface area contributed by atoms with Crippen molar-refractivity contribution in [1.29, 1.82) is 0 Å². The average Bonchev–Trinajstić information content (AvgIpc) is 2.87. The van der Waals surface area contributed by atoms with Gasteiger partial charge in [0.15, 0.2) is 0 Å². The number of hydrogen-bond acceptors (Lipinski definition) is 3. The molecule has 1 aliphatic carbocycles. The molecule has 108 valence electrons. The molecule has 2 rings (SSSR count). The number of nitrogens with one attached hydrogen (secondary N) is 1. The summed E-state index contributed by atoms with van der Waals surface area (Å²) in [6, 6.07) is 0.362. The highest BCUT2D eigenvalue weighted by molar-refractivity contribution is 4.96. The molecule has 4 heteroatoms. The van der Waals surface area contributed by atoms with Gasteiger partial charge >= 0.3 is 0 Å². The van der Waals surface area contributed by atoms with E-state index in [1.54, 1.807) is 0 Å². The third-order valence-corrected chi connectivity index (χ3v) is 4.27. The van der Waals surface area contributed by atoms with E-state index >= 15 is 0 Å². The second-order valence-electron chi connectivity index (χ2n) is 5.84. The summed E-state index contributed by atoms with van der Waals surface area (Å²) in [6.07, 6.45) is 14.2. The van der Waals surface area contributed by atoms with E-state index in [1.807, 2.05) is 6.20 Å². The first kappa shape index (κ1) is 14.5. The highest BCUT2D eigenvalue weighted by atomic mass is 15.2. The summed E-state index contributed by atoms with van der Waals surface area (Å²) in [7, 11) is 0. The van der Waals surface area contributed by atoms with E-state index < -0.39 is 0 Å². The van der Waals surface area contributed by atoms with Crippen LogP contribution in [0.25, 0.3) is 0 Å². The van der Waals surface area contributed by atoms with Crippen molar-refractivity contribution in [1.82, 2.24) is 15.0 Å². The van der Waals surface area contributed by atoms with Crippen molar-refractivity contribution in [3.05, 3.63) is 18.2 Å². The fraction of sp³-hybridized carbons (Fsp3) is 0.800. The van der Waals surface area contributed by atoms with Crippen molar-refractivity contribution in [2.45, 2.75) is 70.9 Å². The molecule has 1 saturated carbocycles. The van der Waals surface area contributed by atoms with E-state index in [9.17, 15) is 0 Å². The standard InChI is InChI=1S/C15H28N4/c1-2-9-19-10-8-17-15(19)12-14(18-16)11-13-6-4-3-5-7-13/h8,10,13-14,18H,2-7,9,11-12,16H2,1H3. The topological polar surface area (TPSA) is 55.9 Å². The van der Waals surface area contributed by atoms with E-state index in [2.05, 4.69) is 28.1 Å². The fourth-order valence-electron chi connectivity index (χ4n) is 3.23. The predicted octanol–water partition coefficient (Wildman–Crippen LogP) is 2.64. The Bertz CT molecular complexity index is 355. The van der Waals surface area contributed by atoms with Crippen LogP contribution in [0.5, 0.6) is 0 Å². The van der Waals surface area contributed by atoms with Gasteiger partial charge < -0.3 is 4.57 Å². The lowest BCUT2D eigenvalue weighted by Gasteiger charge is -2.26.